The van der Waals surface area contributed by atoms with E-state index >= 15 is 0 Å². The number of hydrogen-bond acceptors (Lipinski definition) is 4. The van der Waals surface area contributed by atoms with Gasteiger partial charge in [-0.15, -0.1) is 0 Å². The number of H-pyrrole nitrogens is 1. The second kappa shape index (κ2) is 5.21. The number of anilines is 1. The van der Waals surface area contributed by atoms with Crippen LogP contribution in [0.5, 0.6) is 0 Å². The van der Waals surface area contributed by atoms with Gasteiger partial charge in [-0.2, -0.15) is 5.10 Å². The summed E-state index contributed by atoms with van der Waals surface area (Å²) in [4.78, 5) is 11.9. The lowest BCUT2D eigenvalue weighted by molar-refractivity contribution is 0.102. The summed E-state index contributed by atoms with van der Waals surface area (Å²) in [6.07, 6.45) is 2.77. The molecule has 0 radical (unpaired) electrons. The number of amides is 1. The highest BCUT2D eigenvalue weighted by Gasteiger charge is 2.18. The smallest absolute Gasteiger partial charge is 0.258 e. The zero-order valence-corrected chi connectivity index (χ0v) is 10.9. The van der Waals surface area contributed by atoms with Crippen LogP contribution < -0.4 is 10.0 Å². The molecule has 100 valence electrons. The molecule has 0 fully saturated rings. The van der Waals surface area contributed by atoms with Crippen molar-refractivity contribution >= 4 is 21.6 Å². The molecule has 0 saturated heterocycles. The highest BCUT2D eigenvalue weighted by atomic mass is 32.2. The van der Waals surface area contributed by atoms with E-state index in [2.05, 4.69) is 20.2 Å². The van der Waals surface area contributed by atoms with E-state index < -0.39 is 15.9 Å². The number of nitrogens with one attached hydrogen (secondary N) is 3. The fourth-order valence-corrected chi connectivity index (χ4v) is 2.37. The fourth-order valence-electron chi connectivity index (χ4n) is 1.48. The van der Waals surface area contributed by atoms with Crippen LogP contribution in [-0.2, 0) is 10.0 Å². The fraction of sp³-hybridized carbons (Fsp3) is 0.0909. The van der Waals surface area contributed by atoms with Gasteiger partial charge < -0.3 is 5.32 Å². The minimum Gasteiger partial charge on any atom is -0.321 e. The number of hydrogen-bond donors (Lipinski definition) is 3. The van der Waals surface area contributed by atoms with Gasteiger partial charge >= 0.3 is 0 Å². The summed E-state index contributed by atoms with van der Waals surface area (Å²) < 4.78 is 25.8. The molecule has 0 aliphatic rings. The van der Waals surface area contributed by atoms with E-state index in [1.165, 1.54) is 31.6 Å². The standard InChI is InChI=1S/C11H12N4O3S/c1-12-19(17,18)10-5-3-2-4-9(10)15-11(16)8-6-13-14-7-8/h2-7,12H,1H3,(H,13,14)(H,15,16). The Morgan fingerprint density at radius 3 is 2.68 bits per heavy atom. The predicted octanol–water partition coefficient (Wildman–Crippen LogP) is 0.570. The first kappa shape index (κ1) is 13.2. The number of nitrogens with zero attached hydrogens (tertiary/aromatic N) is 1. The molecule has 7 nitrogen and oxygen atoms in total. The molecule has 3 N–H and O–H groups in total. The summed E-state index contributed by atoms with van der Waals surface area (Å²) in [6.45, 7) is 0. The first-order valence-corrected chi connectivity index (χ1v) is 6.85. The third kappa shape index (κ3) is 2.80. The summed E-state index contributed by atoms with van der Waals surface area (Å²) in [7, 11) is -2.32. The maximum Gasteiger partial charge on any atom is 0.258 e. The molecule has 8 heteroatoms. The second-order valence-electron chi connectivity index (χ2n) is 3.64. The van der Waals surface area contributed by atoms with E-state index in [-0.39, 0.29) is 10.6 Å². The van der Waals surface area contributed by atoms with Crippen LogP contribution in [-0.4, -0.2) is 31.6 Å². The van der Waals surface area contributed by atoms with Gasteiger partial charge in [-0.25, -0.2) is 13.1 Å². The van der Waals surface area contributed by atoms with E-state index in [0.29, 0.717) is 5.56 Å². The minimum absolute atomic E-state index is 0.00865. The van der Waals surface area contributed by atoms with Crippen LogP contribution in [0.2, 0.25) is 0 Å². The van der Waals surface area contributed by atoms with Gasteiger partial charge in [0.05, 0.1) is 17.4 Å². The Balaban J connectivity index is 2.34. The zero-order valence-electron chi connectivity index (χ0n) is 10.0. The average Bonchev–Trinajstić information content (AvgIpc) is 2.93. The molecule has 1 heterocycles. The molecule has 0 bridgehead atoms. The largest absolute Gasteiger partial charge is 0.321 e. The van der Waals surface area contributed by atoms with Crippen molar-refractivity contribution < 1.29 is 13.2 Å². The highest BCUT2D eigenvalue weighted by Crippen LogP contribution is 2.20. The molecule has 0 saturated carbocycles. The van der Waals surface area contributed by atoms with Gasteiger partial charge in [-0.05, 0) is 19.2 Å². The van der Waals surface area contributed by atoms with E-state index in [1.807, 2.05) is 0 Å². The second-order valence-corrected chi connectivity index (χ2v) is 5.50. The van der Waals surface area contributed by atoms with Gasteiger partial charge in [0.2, 0.25) is 10.0 Å². The number of rotatable bonds is 4. The number of carbonyl (C=O) groups excluding carboxylic acids is 1. The summed E-state index contributed by atoms with van der Waals surface area (Å²) in [5.41, 5.74) is 0.528. The average molecular weight is 280 g/mol. The van der Waals surface area contributed by atoms with Crippen molar-refractivity contribution in [3.8, 4) is 0 Å². The molecule has 0 aliphatic heterocycles. The van der Waals surface area contributed by atoms with Crippen LogP contribution >= 0.6 is 0 Å². The van der Waals surface area contributed by atoms with E-state index in [0.717, 1.165) is 0 Å². The number of aromatic nitrogens is 2. The molecule has 2 aromatic rings. The van der Waals surface area contributed by atoms with E-state index in [9.17, 15) is 13.2 Å². The molecule has 0 spiro atoms. The number of para-hydroxylation sites is 1. The topological polar surface area (TPSA) is 104 Å². The first-order chi connectivity index (χ1) is 9.04. The first-order valence-electron chi connectivity index (χ1n) is 5.37. The minimum atomic E-state index is -3.63. The van der Waals surface area contributed by atoms with Crippen LogP contribution in [0.4, 0.5) is 5.69 Å². The third-order valence-electron chi connectivity index (χ3n) is 2.45. The lowest BCUT2D eigenvalue weighted by Crippen LogP contribution is -2.21. The zero-order chi connectivity index (χ0) is 13.9. The number of aromatic amines is 1. The molecular formula is C11H12N4O3S. The monoisotopic (exact) mass is 280 g/mol. The summed E-state index contributed by atoms with van der Waals surface area (Å²) in [5.74, 6) is -0.437. The molecular weight excluding hydrogens is 268 g/mol. The predicted molar refractivity (Wildman–Crippen MR) is 69.2 cm³/mol. The van der Waals surface area contributed by atoms with Gasteiger partial charge in [-0.1, -0.05) is 12.1 Å². The number of carbonyl (C=O) groups is 1. The molecule has 0 unspecified atom stereocenters. The number of benzene rings is 1. The van der Waals surface area contributed by atoms with E-state index in [1.54, 1.807) is 12.1 Å². The van der Waals surface area contributed by atoms with Gasteiger partial charge in [0.15, 0.2) is 0 Å². The molecule has 0 atom stereocenters. The quantitative estimate of drug-likeness (QED) is 0.761. The molecule has 2 rings (SSSR count). The van der Waals surface area contributed by atoms with Crippen LogP contribution in [0, 0.1) is 0 Å². The van der Waals surface area contributed by atoms with Crippen molar-refractivity contribution in [1.29, 1.82) is 0 Å². The SMILES string of the molecule is CNS(=O)(=O)c1ccccc1NC(=O)c1cn[nH]c1. The molecule has 0 aliphatic carbocycles. The highest BCUT2D eigenvalue weighted by molar-refractivity contribution is 7.89. The van der Waals surface area contributed by atoms with Crippen LogP contribution in [0.25, 0.3) is 0 Å². The van der Waals surface area contributed by atoms with Gasteiger partial charge in [-0.3, -0.25) is 9.89 Å². The maximum absolute atomic E-state index is 11.9. The van der Waals surface area contributed by atoms with Gasteiger partial charge in [0.25, 0.3) is 5.91 Å². The van der Waals surface area contributed by atoms with Crippen molar-refractivity contribution in [2.45, 2.75) is 4.90 Å². The molecule has 1 aromatic heterocycles. The molecule has 19 heavy (non-hydrogen) atoms. The van der Waals surface area contributed by atoms with Gasteiger partial charge in [0, 0.05) is 6.20 Å². The molecule has 1 amide bonds. The Kier molecular flexibility index (Phi) is 3.63. The van der Waals surface area contributed by atoms with Crippen molar-refractivity contribution in [2.75, 3.05) is 12.4 Å². The normalized spacial score (nSPS) is 11.2. The third-order valence-corrected chi connectivity index (χ3v) is 3.93. The maximum atomic E-state index is 11.9. The lowest BCUT2D eigenvalue weighted by atomic mass is 10.3. The van der Waals surface area contributed by atoms with Crippen LogP contribution in [0.3, 0.4) is 0 Å². The van der Waals surface area contributed by atoms with Crippen molar-refractivity contribution in [3.05, 3.63) is 42.2 Å². The number of sulfonamides is 1. The van der Waals surface area contributed by atoms with Crippen molar-refractivity contribution in [2.24, 2.45) is 0 Å². The lowest BCUT2D eigenvalue weighted by Gasteiger charge is -2.10. The Morgan fingerprint density at radius 2 is 2.05 bits per heavy atom. The summed E-state index contributed by atoms with van der Waals surface area (Å²) >= 11 is 0. The Morgan fingerprint density at radius 1 is 1.32 bits per heavy atom. The Labute approximate surface area is 110 Å². The summed E-state index contributed by atoms with van der Waals surface area (Å²) in [6, 6.07) is 6.15. The van der Waals surface area contributed by atoms with Crippen LogP contribution in [0.15, 0.2) is 41.6 Å². The van der Waals surface area contributed by atoms with Crippen molar-refractivity contribution in [1.82, 2.24) is 14.9 Å². The Bertz CT molecular complexity index is 680. The Hall–Kier alpha value is -2.19. The molecule has 1 aromatic carbocycles. The van der Waals surface area contributed by atoms with Crippen molar-refractivity contribution in [3.63, 3.8) is 0 Å². The van der Waals surface area contributed by atoms with Crippen LogP contribution in [0.1, 0.15) is 10.4 Å². The summed E-state index contributed by atoms with van der Waals surface area (Å²) in [5, 5.41) is 8.70. The van der Waals surface area contributed by atoms with Gasteiger partial charge in [0.1, 0.15) is 4.90 Å². The van der Waals surface area contributed by atoms with E-state index in [4.69, 9.17) is 0 Å².